The van der Waals surface area contributed by atoms with Crippen molar-refractivity contribution in [1.29, 1.82) is 0 Å². The molecule has 100 valence electrons. The van der Waals surface area contributed by atoms with E-state index in [4.69, 9.17) is 0 Å². The normalized spacial score (nSPS) is 12.2. The van der Waals surface area contributed by atoms with Crippen molar-refractivity contribution in [3.8, 4) is 0 Å². The minimum Gasteiger partial charge on any atom is -0.384 e. The largest absolute Gasteiger partial charge is 0.384 e. The molecule has 0 bridgehead atoms. The van der Waals surface area contributed by atoms with Crippen molar-refractivity contribution in [3.05, 3.63) is 63.5 Å². The molecule has 0 amide bonds. The first-order valence-electron chi connectivity index (χ1n) is 6.40. The van der Waals surface area contributed by atoms with E-state index in [0.717, 1.165) is 22.2 Å². The van der Waals surface area contributed by atoms with Crippen LogP contribution < -0.4 is 5.32 Å². The molecule has 0 heterocycles. The van der Waals surface area contributed by atoms with Gasteiger partial charge in [-0.15, -0.1) is 0 Å². The number of hydrogen-bond donors (Lipinski definition) is 1. The van der Waals surface area contributed by atoms with E-state index in [1.165, 1.54) is 11.6 Å². The van der Waals surface area contributed by atoms with Crippen LogP contribution in [0.15, 0.2) is 48.5 Å². The van der Waals surface area contributed by atoms with Crippen molar-refractivity contribution in [2.75, 3.05) is 11.9 Å². The number of hydrogen-bond acceptors (Lipinski definition) is 1. The zero-order valence-electron chi connectivity index (χ0n) is 10.9. The molecule has 2 rings (SSSR count). The highest BCUT2D eigenvalue weighted by Crippen LogP contribution is 2.21. The fourth-order valence-electron chi connectivity index (χ4n) is 2.00. The average Bonchev–Trinajstić information content (AvgIpc) is 2.42. The van der Waals surface area contributed by atoms with Crippen LogP contribution in [0.1, 0.15) is 24.8 Å². The molecular weight excluding hydrogens is 352 g/mol. The average molecular weight is 369 g/mol. The predicted octanol–water partition coefficient (Wildman–Crippen LogP) is 5.04. The van der Waals surface area contributed by atoms with Gasteiger partial charge in [0.25, 0.3) is 0 Å². The Bertz CT molecular complexity index is 528. The number of benzene rings is 2. The Morgan fingerprint density at radius 2 is 1.89 bits per heavy atom. The third-order valence-corrected chi connectivity index (χ3v) is 4.09. The number of halogens is 2. The Balaban J connectivity index is 1.86. The summed E-state index contributed by atoms with van der Waals surface area (Å²) in [5.41, 5.74) is 2.36. The van der Waals surface area contributed by atoms with Gasteiger partial charge in [0.05, 0.1) is 0 Å². The predicted molar refractivity (Wildman–Crippen MR) is 87.1 cm³/mol. The summed E-state index contributed by atoms with van der Waals surface area (Å²) in [6.45, 7) is 3.12. The summed E-state index contributed by atoms with van der Waals surface area (Å²) in [6, 6.07) is 15.3. The van der Waals surface area contributed by atoms with Crippen LogP contribution in [0.3, 0.4) is 0 Å². The second-order valence-corrected chi connectivity index (χ2v) is 5.81. The first-order chi connectivity index (χ1) is 9.16. The molecule has 1 atom stereocenters. The Hall–Kier alpha value is -1.10. The van der Waals surface area contributed by atoms with Crippen molar-refractivity contribution in [2.45, 2.75) is 19.3 Å². The Morgan fingerprint density at radius 1 is 1.16 bits per heavy atom. The first kappa shape index (κ1) is 14.3. The highest BCUT2D eigenvalue weighted by atomic mass is 127. The smallest absolute Gasteiger partial charge is 0.124 e. The zero-order chi connectivity index (χ0) is 13.7. The standard InChI is InChI=1S/C16H17FIN/c1-12(13-5-3-2-4-6-13)9-10-19-16-8-7-14(17)11-15(16)18/h2-8,11-12,19H,9-10H2,1H3. The number of rotatable bonds is 5. The molecular formula is C16H17FIN. The van der Waals surface area contributed by atoms with Gasteiger partial charge in [-0.2, -0.15) is 0 Å². The van der Waals surface area contributed by atoms with E-state index in [1.807, 2.05) is 6.07 Å². The molecule has 0 radical (unpaired) electrons. The second kappa shape index (κ2) is 6.89. The molecule has 0 saturated carbocycles. The van der Waals surface area contributed by atoms with Gasteiger partial charge in [0.15, 0.2) is 0 Å². The van der Waals surface area contributed by atoms with Gasteiger partial charge in [0.2, 0.25) is 0 Å². The molecule has 3 heteroatoms. The summed E-state index contributed by atoms with van der Waals surface area (Å²) in [6.07, 6.45) is 1.05. The number of anilines is 1. The van der Waals surface area contributed by atoms with Crippen LogP contribution in [-0.4, -0.2) is 6.54 Å². The van der Waals surface area contributed by atoms with E-state index in [1.54, 1.807) is 12.1 Å². The van der Waals surface area contributed by atoms with Crippen molar-refractivity contribution in [1.82, 2.24) is 0 Å². The van der Waals surface area contributed by atoms with Crippen LogP contribution in [0.25, 0.3) is 0 Å². The molecule has 2 aromatic carbocycles. The van der Waals surface area contributed by atoms with E-state index in [-0.39, 0.29) is 5.82 Å². The molecule has 0 fully saturated rings. The fourth-order valence-corrected chi connectivity index (χ4v) is 2.67. The minimum atomic E-state index is -0.187. The van der Waals surface area contributed by atoms with Gasteiger partial charge in [-0.25, -0.2) is 4.39 Å². The third-order valence-electron chi connectivity index (χ3n) is 3.19. The molecule has 1 nitrogen and oxygen atoms in total. The summed E-state index contributed by atoms with van der Waals surface area (Å²) in [5, 5.41) is 3.37. The first-order valence-corrected chi connectivity index (χ1v) is 7.48. The molecule has 1 unspecified atom stereocenters. The second-order valence-electron chi connectivity index (χ2n) is 4.65. The highest BCUT2D eigenvalue weighted by molar-refractivity contribution is 14.1. The Kier molecular flexibility index (Phi) is 5.19. The van der Waals surface area contributed by atoms with Gasteiger partial charge in [-0.3, -0.25) is 0 Å². The van der Waals surface area contributed by atoms with Gasteiger partial charge in [0, 0.05) is 15.8 Å². The van der Waals surface area contributed by atoms with Crippen LogP contribution in [0.2, 0.25) is 0 Å². The van der Waals surface area contributed by atoms with Gasteiger partial charge >= 0.3 is 0 Å². The van der Waals surface area contributed by atoms with Crippen LogP contribution in [0.4, 0.5) is 10.1 Å². The Labute approximate surface area is 127 Å². The van der Waals surface area contributed by atoms with E-state index < -0.39 is 0 Å². The van der Waals surface area contributed by atoms with Crippen molar-refractivity contribution in [2.24, 2.45) is 0 Å². The molecule has 0 aromatic heterocycles. The van der Waals surface area contributed by atoms with Crippen LogP contribution in [0.5, 0.6) is 0 Å². The highest BCUT2D eigenvalue weighted by Gasteiger charge is 2.05. The SMILES string of the molecule is CC(CCNc1ccc(F)cc1I)c1ccccc1. The molecule has 2 aromatic rings. The maximum Gasteiger partial charge on any atom is 0.124 e. The van der Waals surface area contributed by atoms with Crippen LogP contribution in [-0.2, 0) is 0 Å². The summed E-state index contributed by atoms with van der Waals surface area (Å²) in [4.78, 5) is 0. The quantitative estimate of drug-likeness (QED) is 0.729. The van der Waals surface area contributed by atoms with Crippen LogP contribution in [0, 0.1) is 9.39 Å². The summed E-state index contributed by atoms with van der Waals surface area (Å²) in [5.74, 6) is 0.333. The molecule has 0 saturated heterocycles. The fraction of sp³-hybridized carbons (Fsp3) is 0.250. The maximum atomic E-state index is 13.0. The molecule has 0 aliphatic heterocycles. The van der Waals surface area contributed by atoms with Gasteiger partial charge in [0.1, 0.15) is 5.82 Å². The molecule has 0 aliphatic rings. The topological polar surface area (TPSA) is 12.0 Å². The van der Waals surface area contributed by atoms with E-state index in [2.05, 4.69) is 59.1 Å². The molecule has 0 spiro atoms. The van der Waals surface area contributed by atoms with E-state index in [9.17, 15) is 4.39 Å². The summed E-state index contributed by atoms with van der Waals surface area (Å²) in [7, 11) is 0. The van der Waals surface area contributed by atoms with E-state index >= 15 is 0 Å². The lowest BCUT2D eigenvalue weighted by Crippen LogP contribution is -2.07. The lowest BCUT2D eigenvalue weighted by molar-refractivity contribution is 0.627. The zero-order valence-corrected chi connectivity index (χ0v) is 13.0. The minimum absolute atomic E-state index is 0.187. The van der Waals surface area contributed by atoms with Crippen molar-refractivity contribution in [3.63, 3.8) is 0 Å². The number of nitrogens with one attached hydrogen (secondary N) is 1. The van der Waals surface area contributed by atoms with Crippen LogP contribution >= 0.6 is 22.6 Å². The lowest BCUT2D eigenvalue weighted by Gasteiger charge is -2.14. The van der Waals surface area contributed by atoms with Crippen molar-refractivity contribution >= 4 is 28.3 Å². The van der Waals surface area contributed by atoms with Crippen molar-refractivity contribution < 1.29 is 4.39 Å². The maximum absolute atomic E-state index is 13.0. The van der Waals surface area contributed by atoms with Gasteiger partial charge in [-0.1, -0.05) is 37.3 Å². The molecule has 19 heavy (non-hydrogen) atoms. The molecule has 0 aliphatic carbocycles. The van der Waals surface area contributed by atoms with E-state index in [0.29, 0.717) is 5.92 Å². The monoisotopic (exact) mass is 369 g/mol. The lowest BCUT2D eigenvalue weighted by atomic mass is 9.98. The van der Waals surface area contributed by atoms with Gasteiger partial charge < -0.3 is 5.32 Å². The van der Waals surface area contributed by atoms with Gasteiger partial charge in [-0.05, 0) is 58.7 Å². The summed E-state index contributed by atoms with van der Waals surface area (Å²) < 4.78 is 13.9. The third kappa shape index (κ3) is 4.20. The molecule has 1 N–H and O–H groups in total. The Morgan fingerprint density at radius 3 is 2.58 bits per heavy atom. The summed E-state index contributed by atoms with van der Waals surface area (Å²) >= 11 is 2.15.